The lowest BCUT2D eigenvalue weighted by atomic mass is 9.94. The summed E-state index contributed by atoms with van der Waals surface area (Å²) in [6, 6.07) is 7.59. The van der Waals surface area contributed by atoms with Gasteiger partial charge in [0.1, 0.15) is 0 Å². The van der Waals surface area contributed by atoms with E-state index in [1.165, 1.54) is 0 Å². The summed E-state index contributed by atoms with van der Waals surface area (Å²) in [6.45, 7) is 5.59. The molecule has 0 saturated heterocycles. The summed E-state index contributed by atoms with van der Waals surface area (Å²) in [5, 5.41) is 2.96. The molecule has 3 heteroatoms. The first-order chi connectivity index (χ1) is 8.08. The van der Waals surface area contributed by atoms with E-state index in [-0.39, 0.29) is 17.4 Å². The summed E-state index contributed by atoms with van der Waals surface area (Å²) in [7, 11) is 0. The van der Waals surface area contributed by atoms with Crippen LogP contribution in [-0.2, 0) is 10.2 Å². The Bertz CT molecular complexity index is 432. The van der Waals surface area contributed by atoms with Crippen molar-refractivity contribution in [2.45, 2.75) is 31.2 Å². The van der Waals surface area contributed by atoms with Gasteiger partial charge in [0.2, 0.25) is 5.91 Å². The number of carbonyl (C=O) groups is 1. The van der Waals surface area contributed by atoms with E-state index >= 15 is 0 Å². The van der Waals surface area contributed by atoms with E-state index in [1.54, 1.807) is 6.08 Å². The Morgan fingerprint density at radius 3 is 2.53 bits per heavy atom. The summed E-state index contributed by atoms with van der Waals surface area (Å²) in [5.74, 6) is 0.0923. The highest BCUT2D eigenvalue weighted by Crippen LogP contribution is 2.48. The number of nitrogens with two attached hydrogens (primary N) is 1. The van der Waals surface area contributed by atoms with E-state index in [4.69, 9.17) is 5.73 Å². The van der Waals surface area contributed by atoms with Crippen molar-refractivity contribution in [1.82, 2.24) is 5.32 Å². The third-order valence-corrected chi connectivity index (χ3v) is 3.36. The topological polar surface area (TPSA) is 55.1 Å². The van der Waals surface area contributed by atoms with Crippen LogP contribution in [0.5, 0.6) is 0 Å². The smallest absolute Gasteiger partial charge is 0.231 e. The van der Waals surface area contributed by atoms with Crippen LogP contribution in [0.25, 0.3) is 0 Å². The predicted octanol–water partition coefficient (Wildman–Crippen LogP) is 1.99. The van der Waals surface area contributed by atoms with Gasteiger partial charge in [0.25, 0.3) is 0 Å². The van der Waals surface area contributed by atoms with Crippen LogP contribution in [0.4, 0.5) is 5.69 Å². The molecule has 0 heterocycles. The highest BCUT2D eigenvalue weighted by molar-refractivity contribution is 5.91. The standard InChI is InChI=1S/C14H18N2O/c1-3-10(2)16-13(17)14(8-9-14)11-4-6-12(15)7-5-11/h3-7,10H,1,8-9,15H2,2H3,(H,16,17). The minimum Gasteiger partial charge on any atom is -0.399 e. The fraction of sp³-hybridized carbons (Fsp3) is 0.357. The van der Waals surface area contributed by atoms with Gasteiger partial charge in [-0.1, -0.05) is 18.2 Å². The van der Waals surface area contributed by atoms with E-state index in [0.717, 1.165) is 24.1 Å². The quantitative estimate of drug-likeness (QED) is 0.614. The molecule has 1 aromatic carbocycles. The molecule has 2 rings (SSSR count). The first-order valence-corrected chi connectivity index (χ1v) is 5.88. The molecular weight excluding hydrogens is 212 g/mol. The Balaban J connectivity index is 2.16. The highest BCUT2D eigenvalue weighted by atomic mass is 16.2. The molecule has 0 spiro atoms. The van der Waals surface area contributed by atoms with Crippen LogP contribution < -0.4 is 11.1 Å². The van der Waals surface area contributed by atoms with Crippen LogP contribution in [-0.4, -0.2) is 11.9 Å². The average molecular weight is 230 g/mol. The summed E-state index contributed by atoms with van der Waals surface area (Å²) in [6.07, 6.45) is 3.55. The van der Waals surface area contributed by atoms with Crippen molar-refractivity contribution < 1.29 is 4.79 Å². The van der Waals surface area contributed by atoms with Gasteiger partial charge in [-0.2, -0.15) is 0 Å². The van der Waals surface area contributed by atoms with E-state index < -0.39 is 0 Å². The molecule has 1 saturated carbocycles. The Kier molecular flexibility index (Phi) is 2.92. The zero-order valence-corrected chi connectivity index (χ0v) is 10.1. The summed E-state index contributed by atoms with van der Waals surface area (Å²) < 4.78 is 0. The van der Waals surface area contributed by atoms with Crippen molar-refractivity contribution in [3.8, 4) is 0 Å². The van der Waals surface area contributed by atoms with Gasteiger partial charge in [0.15, 0.2) is 0 Å². The van der Waals surface area contributed by atoms with Crippen LogP contribution in [0.1, 0.15) is 25.3 Å². The minimum absolute atomic E-state index is 0.00811. The SMILES string of the molecule is C=CC(C)NC(=O)C1(c2ccc(N)cc2)CC1. The van der Waals surface area contributed by atoms with Crippen molar-refractivity contribution in [3.63, 3.8) is 0 Å². The first kappa shape index (κ1) is 11.7. The fourth-order valence-corrected chi connectivity index (χ4v) is 1.98. The van der Waals surface area contributed by atoms with E-state index in [2.05, 4.69) is 11.9 Å². The number of nitrogens with one attached hydrogen (secondary N) is 1. The van der Waals surface area contributed by atoms with Crippen LogP contribution in [0.15, 0.2) is 36.9 Å². The summed E-state index contributed by atoms with van der Waals surface area (Å²) in [4.78, 5) is 12.2. The number of hydrogen-bond acceptors (Lipinski definition) is 2. The molecule has 1 atom stereocenters. The van der Waals surface area contributed by atoms with Crippen LogP contribution in [0.2, 0.25) is 0 Å². The lowest BCUT2D eigenvalue weighted by Crippen LogP contribution is -2.39. The molecule has 0 bridgehead atoms. The summed E-state index contributed by atoms with van der Waals surface area (Å²) in [5.41, 5.74) is 7.11. The monoisotopic (exact) mass is 230 g/mol. The maximum absolute atomic E-state index is 12.2. The number of hydrogen-bond donors (Lipinski definition) is 2. The van der Waals surface area contributed by atoms with Gasteiger partial charge < -0.3 is 11.1 Å². The van der Waals surface area contributed by atoms with E-state index in [9.17, 15) is 4.79 Å². The Morgan fingerprint density at radius 1 is 1.47 bits per heavy atom. The van der Waals surface area contributed by atoms with Crippen molar-refractivity contribution in [1.29, 1.82) is 0 Å². The number of benzene rings is 1. The van der Waals surface area contributed by atoms with Gasteiger partial charge in [0, 0.05) is 11.7 Å². The van der Waals surface area contributed by atoms with E-state index in [0.29, 0.717) is 0 Å². The molecule has 3 N–H and O–H groups in total. The zero-order valence-electron chi connectivity index (χ0n) is 10.1. The summed E-state index contributed by atoms with van der Waals surface area (Å²) >= 11 is 0. The van der Waals surface area contributed by atoms with Crippen LogP contribution in [0.3, 0.4) is 0 Å². The van der Waals surface area contributed by atoms with Gasteiger partial charge in [-0.25, -0.2) is 0 Å². The fourth-order valence-electron chi connectivity index (χ4n) is 1.98. The van der Waals surface area contributed by atoms with E-state index in [1.807, 2.05) is 31.2 Å². The third kappa shape index (κ3) is 2.18. The normalized spacial score (nSPS) is 18.2. The zero-order chi connectivity index (χ0) is 12.5. The lowest BCUT2D eigenvalue weighted by molar-refractivity contribution is -0.123. The van der Waals surface area contributed by atoms with Crippen LogP contribution in [0, 0.1) is 0 Å². The van der Waals surface area contributed by atoms with Crippen LogP contribution >= 0.6 is 0 Å². The molecule has 1 unspecified atom stereocenters. The Labute approximate surface area is 102 Å². The maximum Gasteiger partial charge on any atom is 0.231 e. The molecule has 0 radical (unpaired) electrons. The molecule has 1 aliphatic rings. The van der Waals surface area contributed by atoms with Gasteiger partial charge in [-0.15, -0.1) is 6.58 Å². The molecule has 0 aromatic heterocycles. The number of amides is 1. The molecule has 1 amide bonds. The molecule has 17 heavy (non-hydrogen) atoms. The first-order valence-electron chi connectivity index (χ1n) is 5.88. The number of rotatable bonds is 4. The van der Waals surface area contributed by atoms with Gasteiger partial charge >= 0.3 is 0 Å². The number of nitrogen functional groups attached to an aromatic ring is 1. The second-order valence-electron chi connectivity index (χ2n) is 4.70. The number of anilines is 1. The van der Waals surface area contributed by atoms with Crippen molar-refractivity contribution in [3.05, 3.63) is 42.5 Å². The Hall–Kier alpha value is -1.77. The average Bonchev–Trinajstić information content (AvgIpc) is 3.11. The third-order valence-electron chi connectivity index (χ3n) is 3.36. The molecule has 0 aliphatic heterocycles. The molecule has 1 aromatic rings. The van der Waals surface area contributed by atoms with Crippen molar-refractivity contribution >= 4 is 11.6 Å². The molecule has 1 aliphatic carbocycles. The maximum atomic E-state index is 12.2. The second-order valence-corrected chi connectivity index (χ2v) is 4.70. The molecule has 3 nitrogen and oxygen atoms in total. The lowest BCUT2D eigenvalue weighted by Gasteiger charge is -2.18. The minimum atomic E-state index is -0.328. The van der Waals surface area contributed by atoms with Gasteiger partial charge in [0.05, 0.1) is 5.41 Å². The van der Waals surface area contributed by atoms with Gasteiger partial charge in [-0.3, -0.25) is 4.79 Å². The largest absolute Gasteiger partial charge is 0.399 e. The highest BCUT2D eigenvalue weighted by Gasteiger charge is 2.51. The Morgan fingerprint density at radius 2 is 2.06 bits per heavy atom. The van der Waals surface area contributed by atoms with Gasteiger partial charge in [-0.05, 0) is 37.5 Å². The predicted molar refractivity (Wildman–Crippen MR) is 69.6 cm³/mol. The van der Waals surface area contributed by atoms with Crippen molar-refractivity contribution in [2.75, 3.05) is 5.73 Å². The number of carbonyl (C=O) groups excluding carboxylic acids is 1. The molecule has 1 fully saturated rings. The molecular formula is C14H18N2O. The molecule has 90 valence electrons. The van der Waals surface area contributed by atoms with Crippen molar-refractivity contribution in [2.24, 2.45) is 0 Å². The second kappa shape index (κ2) is 4.24.